The first-order valence-electron chi connectivity index (χ1n) is 6.15. The lowest BCUT2D eigenvalue weighted by Gasteiger charge is -2.15. The van der Waals surface area contributed by atoms with E-state index >= 15 is 0 Å². The number of para-hydroxylation sites is 1. The zero-order chi connectivity index (χ0) is 14.3. The molecule has 0 saturated heterocycles. The summed E-state index contributed by atoms with van der Waals surface area (Å²) in [6, 6.07) is 7.59. The Balaban J connectivity index is 2.59. The van der Waals surface area contributed by atoms with Crippen molar-refractivity contribution in [3.63, 3.8) is 0 Å². The monoisotopic (exact) mass is 283 g/mol. The third-order valence-corrected chi connectivity index (χ3v) is 3.63. The van der Waals surface area contributed by atoms with Gasteiger partial charge in [-0.25, -0.2) is 8.42 Å². The summed E-state index contributed by atoms with van der Waals surface area (Å²) in [7, 11) is -2.96. The van der Waals surface area contributed by atoms with Crippen LogP contribution in [0.3, 0.4) is 0 Å². The molecule has 1 rings (SSSR count). The van der Waals surface area contributed by atoms with Crippen LogP contribution in [0.15, 0.2) is 36.9 Å². The second-order valence-electron chi connectivity index (χ2n) is 4.58. The first-order chi connectivity index (χ1) is 8.92. The van der Waals surface area contributed by atoms with E-state index < -0.39 is 9.84 Å². The number of ether oxygens (including phenoxy) is 1. The van der Waals surface area contributed by atoms with Crippen molar-refractivity contribution >= 4 is 9.84 Å². The van der Waals surface area contributed by atoms with E-state index in [0.717, 1.165) is 11.3 Å². The molecule has 5 heteroatoms. The Hall–Kier alpha value is -1.33. The first kappa shape index (κ1) is 15.7. The summed E-state index contributed by atoms with van der Waals surface area (Å²) in [5.41, 5.74) is 1.00. The zero-order valence-corrected chi connectivity index (χ0v) is 12.2. The van der Waals surface area contributed by atoms with Gasteiger partial charge in [-0.05, 0) is 13.0 Å². The van der Waals surface area contributed by atoms with Crippen LogP contribution >= 0.6 is 0 Å². The number of sulfone groups is 1. The molecule has 0 radical (unpaired) electrons. The fourth-order valence-corrected chi connectivity index (χ4v) is 2.76. The summed E-state index contributed by atoms with van der Waals surface area (Å²) >= 11 is 0. The topological polar surface area (TPSA) is 55.4 Å². The van der Waals surface area contributed by atoms with Crippen molar-refractivity contribution in [1.82, 2.24) is 5.32 Å². The van der Waals surface area contributed by atoms with E-state index in [1.807, 2.05) is 31.2 Å². The SMILES string of the molecule is C=CCOc1ccccc1CNC(C)CS(C)(=O)=O. The highest BCUT2D eigenvalue weighted by atomic mass is 32.2. The molecule has 0 saturated carbocycles. The van der Waals surface area contributed by atoms with Crippen LogP contribution in [0.25, 0.3) is 0 Å². The standard InChI is InChI=1S/C14H21NO3S/c1-4-9-18-14-8-6-5-7-13(14)10-15-12(2)11-19(3,16)17/h4-8,12,15H,1,9-11H2,2-3H3. The average molecular weight is 283 g/mol. The highest BCUT2D eigenvalue weighted by molar-refractivity contribution is 7.90. The summed E-state index contributed by atoms with van der Waals surface area (Å²) in [6.45, 7) is 6.50. The molecule has 106 valence electrons. The average Bonchev–Trinajstić information content (AvgIpc) is 2.32. The van der Waals surface area contributed by atoms with Gasteiger partial charge in [-0.15, -0.1) is 0 Å². The molecule has 0 aliphatic heterocycles. The Morgan fingerprint density at radius 2 is 2.11 bits per heavy atom. The summed E-state index contributed by atoms with van der Waals surface area (Å²) in [5, 5.41) is 3.19. The lowest BCUT2D eigenvalue weighted by Crippen LogP contribution is -2.32. The number of hydrogen-bond acceptors (Lipinski definition) is 4. The molecule has 1 atom stereocenters. The van der Waals surface area contributed by atoms with Gasteiger partial charge in [0.05, 0.1) is 5.75 Å². The first-order valence-corrected chi connectivity index (χ1v) is 8.21. The summed E-state index contributed by atoms with van der Waals surface area (Å²) in [5.74, 6) is 0.921. The Morgan fingerprint density at radius 1 is 1.42 bits per heavy atom. The van der Waals surface area contributed by atoms with Gasteiger partial charge in [-0.3, -0.25) is 0 Å². The Kier molecular flexibility index (Phi) is 6.05. The van der Waals surface area contributed by atoms with E-state index in [1.54, 1.807) is 6.08 Å². The molecule has 0 aliphatic carbocycles. The Labute approximate surface area is 115 Å². The van der Waals surface area contributed by atoms with Gasteiger partial charge in [-0.1, -0.05) is 30.9 Å². The van der Waals surface area contributed by atoms with E-state index in [1.165, 1.54) is 6.26 Å². The molecule has 1 N–H and O–H groups in total. The molecule has 1 aromatic carbocycles. The molecular weight excluding hydrogens is 262 g/mol. The van der Waals surface area contributed by atoms with Gasteiger partial charge >= 0.3 is 0 Å². The number of hydrogen-bond donors (Lipinski definition) is 1. The predicted octanol–water partition coefficient (Wildman–Crippen LogP) is 1.77. The van der Waals surface area contributed by atoms with Crippen molar-refractivity contribution in [1.29, 1.82) is 0 Å². The normalized spacial score (nSPS) is 12.9. The number of benzene rings is 1. The van der Waals surface area contributed by atoms with Crippen LogP contribution in [0.4, 0.5) is 0 Å². The van der Waals surface area contributed by atoms with E-state index in [9.17, 15) is 8.42 Å². The van der Waals surface area contributed by atoms with Crippen LogP contribution < -0.4 is 10.1 Å². The van der Waals surface area contributed by atoms with E-state index in [4.69, 9.17) is 4.74 Å². The van der Waals surface area contributed by atoms with Crippen molar-refractivity contribution < 1.29 is 13.2 Å². The molecule has 0 aliphatic rings. The minimum absolute atomic E-state index is 0.0949. The summed E-state index contributed by atoms with van der Waals surface area (Å²) in [4.78, 5) is 0. The zero-order valence-electron chi connectivity index (χ0n) is 11.4. The van der Waals surface area contributed by atoms with Crippen molar-refractivity contribution in [2.75, 3.05) is 18.6 Å². The second-order valence-corrected chi connectivity index (χ2v) is 6.77. The smallest absolute Gasteiger partial charge is 0.148 e. The molecule has 1 unspecified atom stereocenters. The number of nitrogens with one attached hydrogen (secondary N) is 1. The van der Waals surface area contributed by atoms with Gasteiger partial charge in [0.2, 0.25) is 0 Å². The van der Waals surface area contributed by atoms with Crippen molar-refractivity contribution in [3.05, 3.63) is 42.5 Å². The van der Waals surface area contributed by atoms with Crippen molar-refractivity contribution in [2.45, 2.75) is 19.5 Å². The summed E-state index contributed by atoms with van der Waals surface area (Å²) in [6.07, 6.45) is 2.93. The van der Waals surface area contributed by atoms with Crippen LogP contribution in [-0.2, 0) is 16.4 Å². The fraction of sp³-hybridized carbons (Fsp3) is 0.429. The molecule has 0 aromatic heterocycles. The molecule has 0 bridgehead atoms. The Morgan fingerprint density at radius 3 is 2.74 bits per heavy atom. The van der Waals surface area contributed by atoms with E-state index in [-0.39, 0.29) is 11.8 Å². The van der Waals surface area contributed by atoms with Gasteiger partial charge in [0.25, 0.3) is 0 Å². The van der Waals surface area contributed by atoms with Crippen LogP contribution in [0.2, 0.25) is 0 Å². The van der Waals surface area contributed by atoms with Gasteiger partial charge in [0.15, 0.2) is 0 Å². The number of rotatable bonds is 8. The fourth-order valence-electron chi connectivity index (χ4n) is 1.74. The third kappa shape index (κ3) is 6.40. The minimum Gasteiger partial charge on any atom is -0.489 e. The maximum atomic E-state index is 11.2. The van der Waals surface area contributed by atoms with Gasteiger partial charge in [-0.2, -0.15) is 0 Å². The van der Waals surface area contributed by atoms with Gasteiger partial charge in [0, 0.05) is 24.4 Å². The van der Waals surface area contributed by atoms with Crippen LogP contribution in [0, 0.1) is 0 Å². The second kappa shape index (κ2) is 7.31. The largest absolute Gasteiger partial charge is 0.489 e. The quantitative estimate of drug-likeness (QED) is 0.739. The van der Waals surface area contributed by atoms with E-state index in [0.29, 0.717) is 13.2 Å². The molecule has 0 fully saturated rings. The van der Waals surface area contributed by atoms with E-state index in [2.05, 4.69) is 11.9 Å². The maximum Gasteiger partial charge on any atom is 0.148 e. The molecule has 0 spiro atoms. The molecule has 1 aromatic rings. The molecule has 19 heavy (non-hydrogen) atoms. The molecule has 4 nitrogen and oxygen atoms in total. The van der Waals surface area contributed by atoms with Gasteiger partial charge < -0.3 is 10.1 Å². The lowest BCUT2D eigenvalue weighted by atomic mass is 10.2. The highest BCUT2D eigenvalue weighted by Crippen LogP contribution is 2.17. The maximum absolute atomic E-state index is 11.2. The lowest BCUT2D eigenvalue weighted by molar-refractivity contribution is 0.357. The van der Waals surface area contributed by atoms with Crippen LogP contribution in [-0.4, -0.2) is 33.1 Å². The highest BCUT2D eigenvalue weighted by Gasteiger charge is 2.10. The van der Waals surface area contributed by atoms with Gasteiger partial charge in [0.1, 0.15) is 22.2 Å². The van der Waals surface area contributed by atoms with Crippen LogP contribution in [0.1, 0.15) is 12.5 Å². The third-order valence-electron chi connectivity index (χ3n) is 2.52. The van der Waals surface area contributed by atoms with Crippen LogP contribution in [0.5, 0.6) is 5.75 Å². The predicted molar refractivity (Wildman–Crippen MR) is 78.1 cm³/mol. The minimum atomic E-state index is -2.96. The van der Waals surface area contributed by atoms with Crippen molar-refractivity contribution in [2.24, 2.45) is 0 Å². The molecular formula is C14H21NO3S. The Bertz CT molecular complexity index is 511. The summed E-state index contributed by atoms with van der Waals surface area (Å²) < 4.78 is 27.9. The molecule has 0 amide bonds. The van der Waals surface area contributed by atoms with Crippen molar-refractivity contribution in [3.8, 4) is 5.75 Å². The molecule has 0 heterocycles.